The van der Waals surface area contributed by atoms with Gasteiger partial charge >= 0.3 is 0 Å². The van der Waals surface area contributed by atoms with Crippen molar-refractivity contribution in [3.05, 3.63) is 28.8 Å². The van der Waals surface area contributed by atoms with E-state index in [4.69, 9.17) is 21.1 Å². The molecule has 1 N–H and O–H groups in total. The van der Waals surface area contributed by atoms with Gasteiger partial charge in [0.2, 0.25) is 0 Å². The van der Waals surface area contributed by atoms with Crippen molar-refractivity contribution in [2.45, 2.75) is 24.8 Å². The van der Waals surface area contributed by atoms with Crippen LogP contribution in [0.2, 0.25) is 0 Å². The molecule has 16 heavy (non-hydrogen) atoms. The molecule has 0 bridgehead atoms. The molecule has 0 aromatic heterocycles. The number of aliphatic hydroxyl groups excluding tert-OH is 1. The smallest absolute Gasteiger partial charge is 0.262 e. The second kappa shape index (κ2) is 4.83. The van der Waals surface area contributed by atoms with E-state index < -0.39 is 9.05 Å². The van der Waals surface area contributed by atoms with Gasteiger partial charge in [-0.2, -0.15) is 5.26 Å². The summed E-state index contributed by atoms with van der Waals surface area (Å²) in [6.07, 6.45) is 0.604. The zero-order valence-electron chi connectivity index (χ0n) is 8.57. The summed E-state index contributed by atoms with van der Waals surface area (Å²) in [6.45, 7) is 1.47. The summed E-state index contributed by atoms with van der Waals surface area (Å²) in [4.78, 5) is -0.252. The molecule has 6 heteroatoms. The molecule has 0 aliphatic rings. The summed E-state index contributed by atoms with van der Waals surface area (Å²) in [5, 5.41) is 18.1. The first-order valence-corrected chi connectivity index (χ1v) is 6.87. The third-order valence-electron chi connectivity index (χ3n) is 2.29. The van der Waals surface area contributed by atoms with Crippen LogP contribution < -0.4 is 0 Å². The topological polar surface area (TPSA) is 78.2 Å². The van der Waals surface area contributed by atoms with Crippen LogP contribution in [0.1, 0.15) is 23.6 Å². The minimum atomic E-state index is -3.96. The lowest BCUT2D eigenvalue weighted by Crippen LogP contribution is -2.03. The number of hydrogen-bond acceptors (Lipinski definition) is 4. The number of halogens is 1. The molecule has 0 heterocycles. The van der Waals surface area contributed by atoms with E-state index in [1.165, 1.54) is 6.07 Å². The van der Waals surface area contributed by atoms with Crippen molar-refractivity contribution >= 4 is 19.7 Å². The quantitative estimate of drug-likeness (QED) is 0.835. The molecule has 0 spiro atoms. The van der Waals surface area contributed by atoms with Gasteiger partial charge in [-0.3, -0.25) is 0 Å². The van der Waals surface area contributed by atoms with Crippen molar-refractivity contribution in [3.8, 4) is 6.07 Å². The van der Waals surface area contributed by atoms with Gasteiger partial charge in [-0.05, 0) is 23.6 Å². The number of aliphatic hydroxyl groups is 1. The minimum absolute atomic E-state index is 0.0724. The Balaban J connectivity index is 3.65. The molecule has 0 unspecified atom stereocenters. The Kier molecular flexibility index (Phi) is 3.92. The second-order valence-electron chi connectivity index (χ2n) is 3.14. The van der Waals surface area contributed by atoms with E-state index in [0.29, 0.717) is 12.0 Å². The lowest BCUT2D eigenvalue weighted by atomic mass is 10.0. The summed E-state index contributed by atoms with van der Waals surface area (Å²) >= 11 is 0. The van der Waals surface area contributed by atoms with E-state index >= 15 is 0 Å². The first-order chi connectivity index (χ1) is 7.45. The van der Waals surface area contributed by atoms with Crippen molar-refractivity contribution in [2.75, 3.05) is 0 Å². The normalized spacial score (nSPS) is 11.1. The molecule has 1 aromatic rings. The lowest BCUT2D eigenvalue weighted by Gasteiger charge is -2.09. The highest BCUT2D eigenvalue weighted by Gasteiger charge is 2.20. The Morgan fingerprint density at radius 3 is 2.50 bits per heavy atom. The van der Waals surface area contributed by atoms with Gasteiger partial charge in [0, 0.05) is 10.7 Å². The van der Waals surface area contributed by atoms with Crippen LogP contribution in [0.5, 0.6) is 0 Å². The number of rotatable bonds is 3. The summed E-state index contributed by atoms with van der Waals surface area (Å²) in [5.74, 6) is 0. The fraction of sp³-hybridized carbons (Fsp3) is 0.300. The Morgan fingerprint density at radius 2 is 2.12 bits per heavy atom. The number of hydrogen-bond donors (Lipinski definition) is 1. The molecule has 0 fully saturated rings. The van der Waals surface area contributed by atoms with Crippen LogP contribution in [-0.2, 0) is 22.1 Å². The number of benzene rings is 1. The van der Waals surface area contributed by atoms with Crippen molar-refractivity contribution in [1.82, 2.24) is 0 Å². The lowest BCUT2D eigenvalue weighted by molar-refractivity contribution is 0.280. The first-order valence-electron chi connectivity index (χ1n) is 4.56. The van der Waals surface area contributed by atoms with Crippen molar-refractivity contribution < 1.29 is 13.5 Å². The van der Waals surface area contributed by atoms with E-state index in [9.17, 15) is 8.42 Å². The fourth-order valence-corrected chi connectivity index (χ4v) is 2.54. The molecular formula is C10H10ClNO3S. The van der Waals surface area contributed by atoms with Gasteiger partial charge in [-0.15, -0.1) is 0 Å². The molecule has 0 atom stereocenters. The summed E-state index contributed by atoms with van der Waals surface area (Å²) in [5.41, 5.74) is 0.992. The Labute approximate surface area is 98.5 Å². The molecule has 0 saturated heterocycles. The van der Waals surface area contributed by atoms with Gasteiger partial charge in [0.15, 0.2) is 0 Å². The molecule has 4 nitrogen and oxygen atoms in total. The molecule has 86 valence electrons. The maximum absolute atomic E-state index is 11.2. The average molecular weight is 260 g/mol. The predicted octanol–water partition coefficient (Wildman–Crippen LogP) is 1.54. The average Bonchev–Trinajstić information content (AvgIpc) is 2.25. The highest BCUT2D eigenvalue weighted by molar-refractivity contribution is 8.13. The third-order valence-corrected chi connectivity index (χ3v) is 3.65. The van der Waals surface area contributed by atoms with Gasteiger partial charge in [0.25, 0.3) is 9.05 Å². The number of nitriles is 1. The van der Waals surface area contributed by atoms with Gasteiger partial charge in [0.05, 0.1) is 12.2 Å². The largest absolute Gasteiger partial charge is 0.392 e. The van der Waals surface area contributed by atoms with Crippen LogP contribution in [0.3, 0.4) is 0 Å². The van der Waals surface area contributed by atoms with E-state index in [1.54, 1.807) is 12.1 Å². The van der Waals surface area contributed by atoms with Crippen molar-refractivity contribution in [2.24, 2.45) is 0 Å². The molecule has 1 rings (SSSR count). The molecule has 1 aromatic carbocycles. The molecule has 0 aliphatic carbocycles. The Morgan fingerprint density at radius 1 is 1.50 bits per heavy atom. The van der Waals surface area contributed by atoms with E-state index in [0.717, 1.165) is 5.56 Å². The van der Waals surface area contributed by atoms with E-state index in [2.05, 4.69) is 0 Å². The molecule has 0 radical (unpaired) electrons. The van der Waals surface area contributed by atoms with Gasteiger partial charge in [-0.1, -0.05) is 13.0 Å². The SMILES string of the molecule is CCc1ccc(S(=O)(=O)Cl)c(C#N)c1CO. The summed E-state index contributed by atoms with van der Waals surface area (Å²) in [7, 11) is 1.24. The monoisotopic (exact) mass is 259 g/mol. The molecule has 0 saturated carbocycles. The van der Waals surface area contributed by atoms with Crippen LogP contribution in [0.4, 0.5) is 0 Å². The first kappa shape index (κ1) is 13.0. The van der Waals surface area contributed by atoms with Gasteiger partial charge < -0.3 is 5.11 Å². The maximum Gasteiger partial charge on any atom is 0.262 e. The Bertz CT molecular complexity index is 546. The van der Waals surface area contributed by atoms with Gasteiger partial charge in [-0.25, -0.2) is 8.42 Å². The molecule has 0 amide bonds. The van der Waals surface area contributed by atoms with E-state index in [1.807, 2.05) is 6.92 Å². The van der Waals surface area contributed by atoms with Crippen LogP contribution in [0.25, 0.3) is 0 Å². The van der Waals surface area contributed by atoms with Crippen LogP contribution in [0.15, 0.2) is 17.0 Å². The summed E-state index contributed by atoms with van der Waals surface area (Å²) in [6, 6.07) is 4.62. The highest BCUT2D eigenvalue weighted by atomic mass is 35.7. The van der Waals surface area contributed by atoms with Crippen molar-refractivity contribution in [3.63, 3.8) is 0 Å². The van der Waals surface area contributed by atoms with Gasteiger partial charge in [0.1, 0.15) is 11.0 Å². The minimum Gasteiger partial charge on any atom is -0.392 e. The third kappa shape index (κ3) is 2.35. The standard InChI is InChI=1S/C10H10ClNO3S/c1-2-7-3-4-10(16(11,14)15)8(5-12)9(7)6-13/h3-4,13H,2,6H2,1H3. The zero-order valence-corrected chi connectivity index (χ0v) is 10.1. The highest BCUT2D eigenvalue weighted by Crippen LogP contribution is 2.25. The number of nitrogens with zero attached hydrogens (tertiary/aromatic N) is 1. The van der Waals surface area contributed by atoms with Crippen LogP contribution in [0, 0.1) is 11.3 Å². The molecular weight excluding hydrogens is 250 g/mol. The zero-order chi connectivity index (χ0) is 12.3. The number of aryl methyl sites for hydroxylation is 1. The van der Waals surface area contributed by atoms with E-state index in [-0.39, 0.29) is 17.1 Å². The van der Waals surface area contributed by atoms with Crippen molar-refractivity contribution in [1.29, 1.82) is 5.26 Å². The molecule has 0 aliphatic heterocycles. The van der Waals surface area contributed by atoms with Crippen LogP contribution in [-0.4, -0.2) is 13.5 Å². The second-order valence-corrected chi connectivity index (χ2v) is 5.67. The predicted molar refractivity (Wildman–Crippen MR) is 59.5 cm³/mol. The summed E-state index contributed by atoms with van der Waals surface area (Å²) < 4.78 is 22.4. The maximum atomic E-state index is 11.2. The Hall–Kier alpha value is -1.09. The van der Waals surface area contributed by atoms with Crippen LogP contribution >= 0.6 is 10.7 Å². The fourth-order valence-electron chi connectivity index (χ4n) is 1.51.